The number of aromatic nitrogens is 3. The topological polar surface area (TPSA) is 67.1 Å². The van der Waals surface area contributed by atoms with Gasteiger partial charge < -0.3 is 14.7 Å². The summed E-state index contributed by atoms with van der Waals surface area (Å²) in [6.07, 6.45) is 1.72. The van der Waals surface area contributed by atoms with Crippen LogP contribution in [0.5, 0.6) is 0 Å². The van der Waals surface area contributed by atoms with Crippen LogP contribution in [0.2, 0.25) is 0 Å². The number of aryl methyl sites for hydroxylation is 1. The van der Waals surface area contributed by atoms with Gasteiger partial charge >= 0.3 is 0 Å². The standard InChI is InChI=1S/C16H17N5O/c1-12-10-14(20-22-12)18-16-17-9-8-15(19-16)21(2)11-13-6-4-3-5-7-13/h3-10H,11H2,1-2H3,(H,17,18,19,20). The predicted octanol–water partition coefficient (Wildman–Crippen LogP) is 3.15. The average molecular weight is 295 g/mol. The van der Waals surface area contributed by atoms with Gasteiger partial charge in [-0.05, 0) is 18.6 Å². The summed E-state index contributed by atoms with van der Waals surface area (Å²) < 4.78 is 5.01. The summed E-state index contributed by atoms with van der Waals surface area (Å²) in [6.45, 7) is 2.61. The van der Waals surface area contributed by atoms with Crippen molar-refractivity contribution >= 4 is 17.6 Å². The molecule has 0 spiro atoms. The second-order valence-corrected chi connectivity index (χ2v) is 5.03. The zero-order valence-corrected chi connectivity index (χ0v) is 12.5. The molecule has 0 amide bonds. The van der Waals surface area contributed by atoms with Gasteiger partial charge in [-0.3, -0.25) is 0 Å². The molecule has 0 saturated carbocycles. The summed E-state index contributed by atoms with van der Waals surface area (Å²) in [6, 6.07) is 13.9. The quantitative estimate of drug-likeness (QED) is 0.780. The third-order valence-electron chi connectivity index (χ3n) is 3.16. The Morgan fingerprint density at radius 1 is 1.18 bits per heavy atom. The lowest BCUT2D eigenvalue weighted by atomic mass is 10.2. The third kappa shape index (κ3) is 3.41. The normalized spacial score (nSPS) is 10.5. The molecule has 6 nitrogen and oxygen atoms in total. The van der Waals surface area contributed by atoms with Crippen molar-refractivity contribution in [3.05, 3.63) is 60.0 Å². The molecular weight excluding hydrogens is 278 g/mol. The minimum absolute atomic E-state index is 0.491. The minimum Gasteiger partial charge on any atom is -0.360 e. The molecular formula is C16H17N5O. The number of nitrogens with one attached hydrogen (secondary N) is 1. The molecule has 0 radical (unpaired) electrons. The number of hydrogen-bond donors (Lipinski definition) is 1. The van der Waals surface area contributed by atoms with E-state index in [1.54, 1.807) is 12.3 Å². The lowest BCUT2D eigenvalue weighted by Crippen LogP contribution is -2.18. The fourth-order valence-corrected chi connectivity index (χ4v) is 2.10. The molecule has 22 heavy (non-hydrogen) atoms. The Morgan fingerprint density at radius 2 is 2.00 bits per heavy atom. The van der Waals surface area contributed by atoms with Gasteiger partial charge in [-0.15, -0.1) is 0 Å². The summed E-state index contributed by atoms with van der Waals surface area (Å²) in [5, 5.41) is 6.90. The summed E-state index contributed by atoms with van der Waals surface area (Å²) in [7, 11) is 2.00. The summed E-state index contributed by atoms with van der Waals surface area (Å²) in [5.74, 6) is 2.66. The van der Waals surface area contributed by atoms with Crippen molar-refractivity contribution in [1.82, 2.24) is 15.1 Å². The minimum atomic E-state index is 0.491. The van der Waals surface area contributed by atoms with Crippen LogP contribution in [0.1, 0.15) is 11.3 Å². The van der Waals surface area contributed by atoms with Crippen molar-refractivity contribution in [1.29, 1.82) is 0 Å². The van der Waals surface area contributed by atoms with E-state index >= 15 is 0 Å². The Morgan fingerprint density at radius 3 is 2.73 bits per heavy atom. The van der Waals surface area contributed by atoms with Crippen molar-refractivity contribution in [3.63, 3.8) is 0 Å². The van der Waals surface area contributed by atoms with E-state index in [9.17, 15) is 0 Å². The average Bonchev–Trinajstić information content (AvgIpc) is 2.93. The Labute approximate surface area is 128 Å². The van der Waals surface area contributed by atoms with Crippen LogP contribution in [-0.2, 0) is 6.54 Å². The molecule has 0 saturated heterocycles. The molecule has 0 atom stereocenters. The van der Waals surface area contributed by atoms with Gasteiger partial charge in [0.25, 0.3) is 0 Å². The van der Waals surface area contributed by atoms with Gasteiger partial charge in [-0.1, -0.05) is 35.5 Å². The molecule has 2 aromatic heterocycles. The van der Waals surface area contributed by atoms with Crippen LogP contribution in [0.4, 0.5) is 17.6 Å². The van der Waals surface area contributed by atoms with Crippen LogP contribution in [-0.4, -0.2) is 22.2 Å². The van der Waals surface area contributed by atoms with Crippen LogP contribution in [0.3, 0.4) is 0 Å². The highest BCUT2D eigenvalue weighted by atomic mass is 16.5. The van der Waals surface area contributed by atoms with E-state index in [4.69, 9.17) is 4.52 Å². The Bertz CT molecular complexity index is 741. The van der Waals surface area contributed by atoms with Gasteiger partial charge in [0.15, 0.2) is 5.82 Å². The van der Waals surface area contributed by atoms with Crippen molar-refractivity contribution in [2.75, 3.05) is 17.3 Å². The maximum absolute atomic E-state index is 5.01. The second kappa shape index (κ2) is 6.26. The molecule has 1 N–H and O–H groups in total. The van der Waals surface area contributed by atoms with Crippen LogP contribution < -0.4 is 10.2 Å². The smallest absolute Gasteiger partial charge is 0.230 e. The van der Waals surface area contributed by atoms with Gasteiger partial charge in [0.1, 0.15) is 11.6 Å². The number of nitrogens with zero attached hydrogens (tertiary/aromatic N) is 4. The summed E-state index contributed by atoms with van der Waals surface area (Å²) in [4.78, 5) is 10.8. The molecule has 1 aromatic carbocycles. The van der Waals surface area contributed by atoms with Gasteiger partial charge in [-0.2, -0.15) is 4.98 Å². The second-order valence-electron chi connectivity index (χ2n) is 5.03. The zero-order chi connectivity index (χ0) is 15.4. The maximum atomic E-state index is 5.01. The predicted molar refractivity (Wildman–Crippen MR) is 85.1 cm³/mol. The fraction of sp³-hybridized carbons (Fsp3) is 0.188. The van der Waals surface area contributed by atoms with Crippen LogP contribution in [0.15, 0.2) is 53.2 Å². The Kier molecular flexibility index (Phi) is 4.00. The lowest BCUT2D eigenvalue weighted by Gasteiger charge is -2.18. The van der Waals surface area contributed by atoms with Gasteiger partial charge in [0.2, 0.25) is 5.95 Å². The molecule has 3 rings (SSSR count). The van der Waals surface area contributed by atoms with E-state index in [0.717, 1.165) is 18.1 Å². The monoisotopic (exact) mass is 295 g/mol. The first-order chi connectivity index (χ1) is 10.7. The van der Waals surface area contributed by atoms with E-state index in [0.29, 0.717) is 11.8 Å². The largest absolute Gasteiger partial charge is 0.360 e. The Balaban J connectivity index is 1.73. The van der Waals surface area contributed by atoms with Crippen molar-refractivity contribution < 1.29 is 4.52 Å². The van der Waals surface area contributed by atoms with Crippen LogP contribution in [0, 0.1) is 6.92 Å². The molecule has 2 heterocycles. The maximum Gasteiger partial charge on any atom is 0.230 e. The molecule has 0 aliphatic rings. The first-order valence-electron chi connectivity index (χ1n) is 6.99. The highest BCUT2D eigenvalue weighted by Crippen LogP contribution is 2.17. The third-order valence-corrected chi connectivity index (χ3v) is 3.16. The molecule has 6 heteroatoms. The molecule has 0 fully saturated rings. The van der Waals surface area contributed by atoms with Crippen molar-refractivity contribution in [2.24, 2.45) is 0 Å². The van der Waals surface area contributed by atoms with Crippen LogP contribution in [0.25, 0.3) is 0 Å². The number of anilines is 3. The summed E-state index contributed by atoms with van der Waals surface area (Å²) in [5.41, 5.74) is 1.23. The van der Waals surface area contributed by atoms with E-state index in [2.05, 4.69) is 37.5 Å². The molecule has 0 aliphatic carbocycles. The van der Waals surface area contributed by atoms with Gasteiger partial charge in [-0.25, -0.2) is 4.98 Å². The van der Waals surface area contributed by atoms with E-state index in [-0.39, 0.29) is 0 Å². The van der Waals surface area contributed by atoms with Crippen molar-refractivity contribution in [3.8, 4) is 0 Å². The number of hydrogen-bond acceptors (Lipinski definition) is 6. The highest BCUT2D eigenvalue weighted by molar-refractivity contribution is 5.50. The highest BCUT2D eigenvalue weighted by Gasteiger charge is 2.07. The van der Waals surface area contributed by atoms with Gasteiger partial charge in [0, 0.05) is 25.9 Å². The van der Waals surface area contributed by atoms with Gasteiger partial charge in [0.05, 0.1) is 0 Å². The Hall–Kier alpha value is -2.89. The molecule has 0 unspecified atom stereocenters. The number of benzene rings is 1. The van der Waals surface area contributed by atoms with E-state index in [1.807, 2.05) is 38.2 Å². The van der Waals surface area contributed by atoms with E-state index in [1.165, 1.54) is 5.56 Å². The molecule has 3 aromatic rings. The summed E-state index contributed by atoms with van der Waals surface area (Å²) >= 11 is 0. The zero-order valence-electron chi connectivity index (χ0n) is 12.5. The first-order valence-corrected chi connectivity index (χ1v) is 6.99. The van der Waals surface area contributed by atoms with Crippen molar-refractivity contribution in [2.45, 2.75) is 13.5 Å². The SMILES string of the molecule is Cc1cc(Nc2nccc(N(C)Cc3ccccc3)n2)no1. The lowest BCUT2D eigenvalue weighted by molar-refractivity contribution is 0.400. The molecule has 0 aliphatic heterocycles. The fourth-order valence-electron chi connectivity index (χ4n) is 2.10. The first kappa shape index (κ1) is 14.1. The molecule has 0 bridgehead atoms. The number of rotatable bonds is 5. The molecule has 112 valence electrons. The van der Waals surface area contributed by atoms with Crippen LogP contribution >= 0.6 is 0 Å². The van der Waals surface area contributed by atoms with E-state index < -0.39 is 0 Å².